The highest BCUT2D eigenvalue weighted by atomic mass is 19.1. The van der Waals surface area contributed by atoms with Gasteiger partial charge in [0.1, 0.15) is 5.82 Å². The standard InChI is InChI=1S/C19H27FN4O3/c20-16-2-1-15(22-19(26)14-3-6-21-7-4-14)13-17(16)23-18(25)5-8-24-9-11-27-12-10-24/h1-2,13-14,21H,3-12H2,(H,22,26)(H,23,25). The van der Waals surface area contributed by atoms with E-state index in [2.05, 4.69) is 20.9 Å². The van der Waals surface area contributed by atoms with Crippen molar-refractivity contribution in [3.8, 4) is 0 Å². The van der Waals surface area contributed by atoms with Gasteiger partial charge in [0.2, 0.25) is 11.8 Å². The maximum Gasteiger partial charge on any atom is 0.227 e. The zero-order valence-electron chi connectivity index (χ0n) is 15.4. The fraction of sp³-hybridized carbons (Fsp3) is 0.579. The molecule has 148 valence electrons. The summed E-state index contributed by atoms with van der Waals surface area (Å²) in [6, 6.07) is 4.24. The molecule has 3 N–H and O–H groups in total. The van der Waals surface area contributed by atoms with E-state index in [-0.39, 0.29) is 29.8 Å². The van der Waals surface area contributed by atoms with Crippen molar-refractivity contribution in [2.75, 3.05) is 56.6 Å². The fourth-order valence-electron chi connectivity index (χ4n) is 3.32. The Labute approximate surface area is 158 Å². The summed E-state index contributed by atoms with van der Waals surface area (Å²) >= 11 is 0. The third-order valence-corrected chi connectivity index (χ3v) is 4.98. The van der Waals surface area contributed by atoms with Gasteiger partial charge in [-0.15, -0.1) is 0 Å². The highest BCUT2D eigenvalue weighted by Gasteiger charge is 2.21. The number of hydrogen-bond donors (Lipinski definition) is 3. The van der Waals surface area contributed by atoms with Gasteiger partial charge in [-0.2, -0.15) is 0 Å². The quantitative estimate of drug-likeness (QED) is 0.698. The number of benzene rings is 1. The van der Waals surface area contributed by atoms with Gasteiger partial charge in [-0.25, -0.2) is 4.39 Å². The average Bonchev–Trinajstić information content (AvgIpc) is 2.70. The summed E-state index contributed by atoms with van der Waals surface area (Å²) in [4.78, 5) is 26.6. The van der Waals surface area contributed by atoms with E-state index >= 15 is 0 Å². The summed E-state index contributed by atoms with van der Waals surface area (Å²) in [6.07, 6.45) is 1.86. The van der Waals surface area contributed by atoms with E-state index in [1.807, 2.05) is 0 Å². The predicted molar refractivity (Wildman–Crippen MR) is 101 cm³/mol. The number of anilines is 2. The van der Waals surface area contributed by atoms with E-state index in [4.69, 9.17) is 4.74 Å². The Morgan fingerprint density at radius 3 is 2.67 bits per heavy atom. The molecule has 2 fully saturated rings. The first-order chi connectivity index (χ1) is 13.1. The third kappa shape index (κ3) is 5.98. The summed E-state index contributed by atoms with van der Waals surface area (Å²) in [5, 5.41) is 8.66. The molecule has 1 aromatic carbocycles. The molecule has 3 rings (SSSR count). The number of nitrogens with zero attached hydrogens (tertiary/aromatic N) is 1. The lowest BCUT2D eigenvalue weighted by atomic mass is 9.97. The van der Waals surface area contributed by atoms with Crippen LogP contribution in [0.2, 0.25) is 0 Å². The third-order valence-electron chi connectivity index (χ3n) is 4.98. The second-order valence-electron chi connectivity index (χ2n) is 6.96. The van der Waals surface area contributed by atoms with E-state index in [0.29, 0.717) is 25.4 Å². The SMILES string of the molecule is O=C(CCN1CCOCC1)Nc1cc(NC(=O)C2CCNCC2)ccc1F. The molecule has 0 atom stereocenters. The Bertz CT molecular complexity index is 658. The van der Waals surface area contributed by atoms with E-state index in [9.17, 15) is 14.0 Å². The van der Waals surface area contributed by atoms with Crippen molar-refractivity contribution in [2.24, 2.45) is 5.92 Å². The number of amides is 2. The minimum absolute atomic E-state index is 0.0390. The minimum Gasteiger partial charge on any atom is -0.379 e. The highest BCUT2D eigenvalue weighted by molar-refractivity contribution is 5.95. The molecule has 7 nitrogen and oxygen atoms in total. The number of morpholine rings is 1. The summed E-state index contributed by atoms with van der Waals surface area (Å²) < 4.78 is 19.3. The number of carbonyl (C=O) groups is 2. The zero-order chi connectivity index (χ0) is 19.1. The second-order valence-corrected chi connectivity index (χ2v) is 6.96. The smallest absolute Gasteiger partial charge is 0.227 e. The summed E-state index contributed by atoms with van der Waals surface area (Å²) in [5.41, 5.74) is 0.577. The van der Waals surface area contributed by atoms with Gasteiger partial charge in [0.25, 0.3) is 0 Å². The van der Waals surface area contributed by atoms with Gasteiger partial charge < -0.3 is 20.7 Å². The molecular formula is C19H27FN4O3. The maximum atomic E-state index is 14.1. The Balaban J connectivity index is 1.52. The van der Waals surface area contributed by atoms with E-state index in [1.165, 1.54) is 18.2 Å². The molecule has 0 bridgehead atoms. The van der Waals surface area contributed by atoms with Crippen LogP contribution in [-0.4, -0.2) is 62.7 Å². The first-order valence-electron chi connectivity index (χ1n) is 9.53. The zero-order valence-corrected chi connectivity index (χ0v) is 15.4. The number of hydrogen-bond acceptors (Lipinski definition) is 5. The summed E-state index contributed by atoms with van der Waals surface area (Å²) in [7, 11) is 0. The van der Waals surface area contributed by atoms with E-state index in [0.717, 1.165) is 39.0 Å². The lowest BCUT2D eigenvalue weighted by molar-refractivity contribution is -0.120. The number of rotatable bonds is 6. The largest absolute Gasteiger partial charge is 0.379 e. The Morgan fingerprint density at radius 1 is 1.19 bits per heavy atom. The normalized spacial score (nSPS) is 18.9. The average molecular weight is 378 g/mol. The predicted octanol–water partition coefficient (Wildman–Crippen LogP) is 1.42. The molecule has 2 aliphatic rings. The monoisotopic (exact) mass is 378 g/mol. The number of halogens is 1. The first kappa shape index (κ1) is 19.7. The van der Waals surface area contributed by atoms with Crippen molar-refractivity contribution in [1.82, 2.24) is 10.2 Å². The van der Waals surface area contributed by atoms with Crippen LogP contribution in [0.5, 0.6) is 0 Å². The van der Waals surface area contributed by atoms with E-state index in [1.54, 1.807) is 0 Å². The second kappa shape index (κ2) is 9.77. The molecule has 0 spiro atoms. The Hall–Kier alpha value is -2.03. The topological polar surface area (TPSA) is 82.7 Å². The van der Waals surface area contributed by atoms with Crippen LogP contribution in [0.15, 0.2) is 18.2 Å². The van der Waals surface area contributed by atoms with Crippen LogP contribution in [0.3, 0.4) is 0 Å². The molecule has 0 radical (unpaired) electrons. The van der Waals surface area contributed by atoms with Crippen molar-refractivity contribution >= 4 is 23.2 Å². The molecule has 2 saturated heterocycles. The Kier molecular flexibility index (Phi) is 7.14. The van der Waals surface area contributed by atoms with Crippen LogP contribution in [0.4, 0.5) is 15.8 Å². The van der Waals surface area contributed by atoms with Gasteiger partial charge >= 0.3 is 0 Å². The molecule has 0 aliphatic carbocycles. The summed E-state index contributed by atoms with van der Waals surface area (Å²) in [6.45, 7) is 5.23. The Morgan fingerprint density at radius 2 is 1.93 bits per heavy atom. The lowest BCUT2D eigenvalue weighted by Crippen LogP contribution is -2.38. The van der Waals surface area contributed by atoms with Crippen LogP contribution in [0, 0.1) is 11.7 Å². The molecule has 2 aliphatic heterocycles. The fourth-order valence-corrected chi connectivity index (χ4v) is 3.32. The number of nitrogens with one attached hydrogen (secondary N) is 3. The number of ether oxygens (including phenoxy) is 1. The van der Waals surface area contributed by atoms with Crippen LogP contribution >= 0.6 is 0 Å². The number of carbonyl (C=O) groups excluding carboxylic acids is 2. The van der Waals surface area contributed by atoms with Crippen LogP contribution < -0.4 is 16.0 Å². The van der Waals surface area contributed by atoms with Crippen molar-refractivity contribution < 1.29 is 18.7 Å². The maximum absolute atomic E-state index is 14.1. The van der Waals surface area contributed by atoms with Gasteiger partial charge in [0, 0.05) is 37.7 Å². The van der Waals surface area contributed by atoms with Gasteiger partial charge in [-0.3, -0.25) is 14.5 Å². The molecule has 1 aromatic rings. The lowest BCUT2D eigenvalue weighted by Gasteiger charge is -2.26. The summed E-state index contributed by atoms with van der Waals surface area (Å²) in [5.74, 6) is -0.868. The molecule has 0 aromatic heterocycles. The molecule has 27 heavy (non-hydrogen) atoms. The molecular weight excluding hydrogens is 351 g/mol. The van der Waals surface area contributed by atoms with Crippen molar-refractivity contribution in [1.29, 1.82) is 0 Å². The van der Waals surface area contributed by atoms with E-state index < -0.39 is 5.82 Å². The van der Waals surface area contributed by atoms with Gasteiger partial charge in [0.15, 0.2) is 0 Å². The van der Waals surface area contributed by atoms with Crippen LogP contribution in [0.1, 0.15) is 19.3 Å². The molecule has 0 saturated carbocycles. The van der Waals surface area contributed by atoms with Gasteiger partial charge in [-0.05, 0) is 44.1 Å². The molecule has 8 heteroatoms. The minimum atomic E-state index is -0.519. The van der Waals surface area contributed by atoms with Crippen LogP contribution in [0.25, 0.3) is 0 Å². The van der Waals surface area contributed by atoms with Gasteiger partial charge in [0.05, 0.1) is 18.9 Å². The van der Waals surface area contributed by atoms with Crippen molar-refractivity contribution in [2.45, 2.75) is 19.3 Å². The first-order valence-corrected chi connectivity index (χ1v) is 9.53. The number of piperidine rings is 1. The molecule has 2 amide bonds. The molecule has 0 unspecified atom stereocenters. The van der Waals surface area contributed by atoms with Crippen LogP contribution in [-0.2, 0) is 14.3 Å². The van der Waals surface area contributed by atoms with Crippen molar-refractivity contribution in [3.63, 3.8) is 0 Å². The molecule has 2 heterocycles. The van der Waals surface area contributed by atoms with Crippen molar-refractivity contribution in [3.05, 3.63) is 24.0 Å². The van der Waals surface area contributed by atoms with Gasteiger partial charge in [-0.1, -0.05) is 0 Å². The highest BCUT2D eigenvalue weighted by Crippen LogP contribution is 2.22.